The first-order chi connectivity index (χ1) is 3.72. The van der Waals surface area contributed by atoms with Crippen LogP contribution in [0.3, 0.4) is 0 Å². The lowest BCUT2D eigenvalue weighted by atomic mass is 10.7. The van der Waals surface area contributed by atoms with Crippen LogP contribution in [-0.2, 0) is 7.05 Å². The van der Waals surface area contributed by atoms with Crippen molar-refractivity contribution in [2.24, 2.45) is 7.05 Å². The van der Waals surface area contributed by atoms with E-state index in [0.29, 0.717) is 4.60 Å². The zero-order valence-electron chi connectivity index (χ0n) is 4.23. The Morgan fingerprint density at radius 1 is 1.88 bits per heavy atom. The van der Waals surface area contributed by atoms with E-state index < -0.39 is 0 Å². The number of hydrogen-bond donors (Lipinski definition) is 0. The van der Waals surface area contributed by atoms with E-state index in [1.165, 1.54) is 4.68 Å². The number of halogens is 2. The van der Waals surface area contributed by atoms with E-state index in [0.717, 1.165) is 6.20 Å². The lowest BCUT2D eigenvalue weighted by Crippen LogP contribution is -1.88. The molecule has 0 aromatic carbocycles. The summed E-state index contributed by atoms with van der Waals surface area (Å²) < 4.78 is 14.0. The van der Waals surface area contributed by atoms with Gasteiger partial charge in [-0.25, -0.2) is 4.39 Å². The van der Waals surface area contributed by atoms with Gasteiger partial charge in [-0.2, -0.15) is 5.10 Å². The van der Waals surface area contributed by atoms with Crippen molar-refractivity contribution < 1.29 is 4.39 Å². The number of hydrogen-bond acceptors (Lipinski definition) is 1. The summed E-state index contributed by atoms with van der Waals surface area (Å²) >= 11 is 2.97. The highest BCUT2D eigenvalue weighted by molar-refractivity contribution is 9.10. The molecule has 0 saturated heterocycles. The Morgan fingerprint density at radius 3 is 2.62 bits per heavy atom. The van der Waals surface area contributed by atoms with Gasteiger partial charge in [0.25, 0.3) is 0 Å². The number of nitrogens with zero attached hydrogens (tertiary/aromatic N) is 2. The number of aryl methyl sites for hydroxylation is 1. The molecule has 8 heavy (non-hydrogen) atoms. The Kier molecular flexibility index (Phi) is 1.33. The third-order valence-corrected chi connectivity index (χ3v) is 1.72. The highest BCUT2D eigenvalue weighted by Crippen LogP contribution is 2.11. The minimum Gasteiger partial charge on any atom is -0.258 e. The van der Waals surface area contributed by atoms with Crippen LogP contribution in [0.25, 0.3) is 0 Å². The molecule has 0 amide bonds. The standard InChI is InChI=1S/C4H4BrFN2/c1-8-4(5)3(6)2-7-8/h2H,1H3. The molecule has 0 aliphatic heterocycles. The minimum atomic E-state index is -0.326. The van der Waals surface area contributed by atoms with E-state index in [-0.39, 0.29) is 5.82 Å². The van der Waals surface area contributed by atoms with Crippen LogP contribution in [0.1, 0.15) is 0 Å². The largest absolute Gasteiger partial charge is 0.258 e. The third kappa shape index (κ3) is 0.753. The van der Waals surface area contributed by atoms with Crippen LogP contribution < -0.4 is 0 Å². The topological polar surface area (TPSA) is 17.8 Å². The first-order valence-electron chi connectivity index (χ1n) is 2.05. The zero-order valence-corrected chi connectivity index (χ0v) is 5.81. The lowest BCUT2D eigenvalue weighted by molar-refractivity contribution is 0.614. The Bertz CT molecular complexity index is 176. The van der Waals surface area contributed by atoms with E-state index >= 15 is 0 Å². The average molecular weight is 179 g/mol. The molecule has 44 valence electrons. The van der Waals surface area contributed by atoms with Crippen molar-refractivity contribution in [1.29, 1.82) is 0 Å². The zero-order chi connectivity index (χ0) is 6.15. The van der Waals surface area contributed by atoms with Gasteiger partial charge in [-0.05, 0) is 15.9 Å². The van der Waals surface area contributed by atoms with Gasteiger partial charge < -0.3 is 0 Å². The Hall–Kier alpha value is -0.380. The fourth-order valence-electron chi connectivity index (χ4n) is 0.396. The molecule has 0 aliphatic carbocycles. The second-order valence-corrected chi connectivity index (χ2v) is 2.16. The summed E-state index contributed by atoms with van der Waals surface area (Å²) in [7, 11) is 1.66. The monoisotopic (exact) mass is 178 g/mol. The molecule has 0 aliphatic rings. The van der Waals surface area contributed by atoms with Crippen molar-refractivity contribution in [2.45, 2.75) is 0 Å². The van der Waals surface area contributed by atoms with Crippen LogP contribution in [-0.4, -0.2) is 9.78 Å². The minimum absolute atomic E-state index is 0.326. The fraction of sp³-hybridized carbons (Fsp3) is 0.250. The van der Waals surface area contributed by atoms with E-state index in [9.17, 15) is 4.39 Å². The lowest BCUT2D eigenvalue weighted by Gasteiger charge is -1.86. The third-order valence-electron chi connectivity index (χ3n) is 0.825. The Morgan fingerprint density at radius 2 is 2.50 bits per heavy atom. The van der Waals surface area contributed by atoms with Gasteiger partial charge in [-0.15, -0.1) is 0 Å². The van der Waals surface area contributed by atoms with Crippen LogP contribution in [0.2, 0.25) is 0 Å². The highest BCUT2D eigenvalue weighted by Gasteiger charge is 2.00. The van der Waals surface area contributed by atoms with Crippen molar-refractivity contribution >= 4 is 15.9 Å². The molecule has 0 saturated carbocycles. The number of aromatic nitrogens is 2. The molecule has 1 rings (SSSR count). The van der Waals surface area contributed by atoms with Crippen LogP contribution in [0.4, 0.5) is 4.39 Å². The van der Waals surface area contributed by atoms with Crippen molar-refractivity contribution in [3.05, 3.63) is 16.6 Å². The van der Waals surface area contributed by atoms with Gasteiger partial charge >= 0.3 is 0 Å². The van der Waals surface area contributed by atoms with Crippen molar-refractivity contribution in [3.8, 4) is 0 Å². The van der Waals surface area contributed by atoms with Crippen molar-refractivity contribution in [1.82, 2.24) is 9.78 Å². The van der Waals surface area contributed by atoms with Crippen molar-refractivity contribution in [2.75, 3.05) is 0 Å². The smallest absolute Gasteiger partial charge is 0.175 e. The molecule has 0 radical (unpaired) electrons. The van der Waals surface area contributed by atoms with E-state index in [2.05, 4.69) is 21.0 Å². The molecular formula is C4H4BrFN2. The molecule has 2 nitrogen and oxygen atoms in total. The van der Waals surface area contributed by atoms with Crippen molar-refractivity contribution in [3.63, 3.8) is 0 Å². The summed E-state index contributed by atoms with van der Waals surface area (Å²) in [6.45, 7) is 0. The Balaban J connectivity index is 3.19. The molecule has 0 bridgehead atoms. The summed E-state index contributed by atoms with van der Waals surface area (Å²) in [4.78, 5) is 0. The average Bonchev–Trinajstić information content (AvgIpc) is 1.98. The van der Waals surface area contributed by atoms with Crippen LogP contribution in [0, 0.1) is 5.82 Å². The summed E-state index contributed by atoms with van der Waals surface area (Å²) in [6, 6.07) is 0. The molecule has 1 aromatic rings. The van der Waals surface area contributed by atoms with Crippen LogP contribution >= 0.6 is 15.9 Å². The molecule has 0 spiro atoms. The number of rotatable bonds is 0. The second kappa shape index (κ2) is 1.85. The summed E-state index contributed by atoms with van der Waals surface area (Å²) in [5.74, 6) is -0.326. The molecule has 0 N–H and O–H groups in total. The fourth-order valence-corrected chi connectivity index (χ4v) is 0.590. The first kappa shape index (κ1) is 5.75. The van der Waals surface area contributed by atoms with Gasteiger partial charge in [-0.1, -0.05) is 0 Å². The van der Waals surface area contributed by atoms with Crippen LogP contribution in [0.15, 0.2) is 10.8 Å². The maximum Gasteiger partial charge on any atom is 0.175 e. The molecule has 0 unspecified atom stereocenters. The van der Waals surface area contributed by atoms with Gasteiger partial charge in [0.2, 0.25) is 0 Å². The maximum absolute atomic E-state index is 12.2. The summed E-state index contributed by atoms with van der Waals surface area (Å²) in [5, 5.41) is 3.61. The molecule has 1 heterocycles. The van der Waals surface area contributed by atoms with Gasteiger partial charge in [0.15, 0.2) is 5.82 Å². The second-order valence-electron chi connectivity index (χ2n) is 1.41. The SMILES string of the molecule is Cn1ncc(F)c1Br. The predicted octanol–water partition coefficient (Wildman–Crippen LogP) is 1.32. The quantitative estimate of drug-likeness (QED) is 0.587. The summed E-state index contributed by atoms with van der Waals surface area (Å²) in [6.07, 6.45) is 1.16. The normalized spacial score (nSPS) is 9.88. The van der Waals surface area contributed by atoms with Gasteiger partial charge in [0, 0.05) is 7.05 Å². The molecule has 1 aromatic heterocycles. The van der Waals surface area contributed by atoms with E-state index in [4.69, 9.17) is 0 Å². The van der Waals surface area contributed by atoms with Gasteiger partial charge in [0.05, 0.1) is 6.20 Å². The Labute approximate surface area is 54.4 Å². The van der Waals surface area contributed by atoms with E-state index in [1.807, 2.05) is 0 Å². The molecule has 0 fully saturated rings. The summed E-state index contributed by atoms with van der Waals surface area (Å²) in [5.41, 5.74) is 0. The predicted molar refractivity (Wildman–Crippen MR) is 30.9 cm³/mol. The first-order valence-corrected chi connectivity index (χ1v) is 2.84. The maximum atomic E-state index is 12.2. The van der Waals surface area contributed by atoms with Gasteiger partial charge in [-0.3, -0.25) is 4.68 Å². The van der Waals surface area contributed by atoms with Crippen LogP contribution in [0.5, 0.6) is 0 Å². The molecule has 0 atom stereocenters. The van der Waals surface area contributed by atoms with Gasteiger partial charge in [0.1, 0.15) is 4.60 Å². The molecular weight excluding hydrogens is 175 g/mol. The highest BCUT2D eigenvalue weighted by atomic mass is 79.9. The molecule has 4 heteroatoms. The van der Waals surface area contributed by atoms with E-state index in [1.54, 1.807) is 7.05 Å².